The van der Waals surface area contributed by atoms with E-state index in [1.165, 1.54) is 11.3 Å². The lowest BCUT2D eigenvalue weighted by Crippen LogP contribution is -2.28. The summed E-state index contributed by atoms with van der Waals surface area (Å²) in [4.78, 5) is 0.803. The van der Waals surface area contributed by atoms with Crippen LogP contribution in [0.2, 0.25) is 0 Å². The van der Waals surface area contributed by atoms with Crippen LogP contribution in [0.1, 0.15) is 10.4 Å². The Labute approximate surface area is 103 Å². The van der Waals surface area contributed by atoms with Crippen molar-refractivity contribution in [1.82, 2.24) is 0 Å². The van der Waals surface area contributed by atoms with Crippen LogP contribution in [0.5, 0.6) is 0 Å². The van der Waals surface area contributed by atoms with Gasteiger partial charge in [-0.05, 0) is 17.0 Å². The van der Waals surface area contributed by atoms with E-state index < -0.39 is 15.4 Å². The van der Waals surface area contributed by atoms with Gasteiger partial charge in [-0.3, -0.25) is 0 Å². The summed E-state index contributed by atoms with van der Waals surface area (Å²) in [5, 5.41) is 12.4. The fourth-order valence-electron chi connectivity index (χ4n) is 2.19. The minimum Gasteiger partial charge on any atom is -0.378 e. The van der Waals surface area contributed by atoms with E-state index in [2.05, 4.69) is 0 Å². The van der Waals surface area contributed by atoms with Crippen molar-refractivity contribution < 1.29 is 13.5 Å². The normalized spacial score (nSPS) is 25.7. The zero-order chi connectivity index (χ0) is 12.1. The first-order chi connectivity index (χ1) is 8.04. The number of hydrogen-bond donors (Lipinski definition) is 1. The van der Waals surface area contributed by atoms with Crippen molar-refractivity contribution in [1.29, 1.82) is 0 Å². The van der Waals surface area contributed by atoms with Crippen LogP contribution in [0.15, 0.2) is 46.7 Å². The van der Waals surface area contributed by atoms with E-state index in [9.17, 15) is 13.5 Å². The molecule has 5 heteroatoms. The van der Waals surface area contributed by atoms with Crippen molar-refractivity contribution in [2.24, 2.45) is 0 Å². The molecule has 0 saturated heterocycles. The van der Waals surface area contributed by atoms with Gasteiger partial charge in [0.05, 0.1) is 15.5 Å². The summed E-state index contributed by atoms with van der Waals surface area (Å²) in [6.07, 6.45) is 0. The number of thiophene rings is 1. The molecule has 17 heavy (non-hydrogen) atoms. The molecule has 0 aliphatic carbocycles. The maximum absolute atomic E-state index is 11.9. The first kappa shape index (κ1) is 11.0. The summed E-state index contributed by atoms with van der Waals surface area (Å²) in [5.74, 6) is -0.258. The summed E-state index contributed by atoms with van der Waals surface area (Å²) in [6, 6.07) is 10.5. The molecule has 2 heterocycles. The Kier molecular flexibility index (Phi) is 2.20. The maximum Gasteiger partial charge on any atom is 0.183 e. The number of hydrogen-bond acceptors (Lipinski definition) is 4. The predicted octanol–water partition coefficient (Wildman–Crippen LogP) is 1.77. The third-order valence-corrected chi connectivity index (χ3v) is 5.99. The molecule has 0 saturated carbocycles. The average Bonchev–Trinajstić information content (AvgIpc) is 2.85. The van der Waals surface area contributed by atoms with Crippen molar-refractivity contribution in [2.75, 3.05) is 5.75 Å². The quantitative estimate of drug-likeness (QED) is 0.856. The van der Waals surface area contributed by atoms with Crippen molar-refractivity contribution in [3.8, 4) is 0 Å². The minimum absolute atomic E-state index is 0.258. The molecular weight excluding hydrogens is 256 g/mol. The standard InChI is InChI=1S/C12H10O3S2/c13-12(9-4-2-1-3-5-9)8-17(14,15)10-6-7-16-11(10)12/h1-7,13H,8H2. The number of fused-ring (bicyclic) bond motifs is 1. The number of rotatable bonds is 1. The SMILES string of the molecule is O=S1(=O)CC(O)(c2ccccc2)c2sccc21. The van der Waals surface area contributed by atoms with Crippen molar-refractivity contribution >= 4 is 21.2 Å². The Morgan fingerprint density at radius 1 is 1.18 bits per heavy atom. The monoisotopic (exact) mass is 266 g/mol. The number of sulfone groups is 1. The molecule has 0 bridgehead atoms. The van der Waals surface area contributed by atoms with Crippen molar-refractivity contribution in [2.45, 2.75) is 10.5 Å². The zero-order valence-corrected chi connectivity index (χ0v) is 10.5. The first-order valence-corrected chi connectivity index (χ1v) is 7.66. The van der Waals surface area contributed by atoms with Gasteiger partial charge >= 0.3 is 0 Å². The van der Waals surface area contributed by atoms with E-state index in [-0.39, 0.29) is 10.6 Å². The third kappa shape index (κ3) is 1.46. The second-order valence-electron chi connectivity index (χ2n) is 4.10. The molecule has 0 radical (unpaired) electrons. The lowest BCUT2D eigenvalue weighted by molar-refractivity contribution is 0.112. The van der Waals surface area contributed by atoms with E-state index in [0.717, 1.165) is 0 Å². The van der Waals surface area contributed by atoms with Gasteiger partial charge in [0.2, 0.25) is 0 Å². The van der Waals surface area contributed by atoms with Crippen LogP contribution in [0.4, 0.5) is 0 Å². The van der Waals surface area contributed by atoms with Gasteiger partial charge in [-0.2, -0.15) is 0 Å². The summed E-state index contributed by atoms with van der Waals surface area (Å²) >= 11 is 1.29. The molecule has 3 rings (SSSR count). The van der Waals surface area contributed by atoms with Crippen LogP contribution >= 0.6 is 11.3 Å². The van der Waals surface area contributed by atoms with Crippen LogP contribution in [-0.2, 0) is 15.4 Å². The lowest BCUT2D eigenvalue weighted by Gasteiger charge is -2.21. The van der Waals surface area contributed by atoms with E-state index in [1.54, 1.807) is 35.7 Å². The van der Waals surface area contributed by atoms with Crippen LogP contribution in [0.3, 0.4) is 0 Å². The smallest absolute Gasteiger partial charge is 0.183 e. The van der Waals surface area contributed by atoms with Gasteiger partial charge in [0.25, 0.3) is 0 Å². The number of benzene rings is 1. The Morgan fingerprint density at radius 2 is 1.88 bits per heavy atom. The molecule has 1 aromatic carbocycles. The molecular formula is C12H10O3S2. The molecule has 0 spiro atoms. The highest BCUT2D eigenvalue weighted by Crippen LogP contribution is 2.45. The van der Waals surface area contributed by atoms with Gasteiger partial charge < -0.3 is 5.11 Å². The van der Waals surface area contributed by atoms with E-state index in [4.69, 9.17) is 0 Å². The lowest BCUT2D eigenvalue weighted by atomic mass is 9.94. The van der Waals surface area contributed by atoms with Crippen molar-refractivity contribution in [3.63, 3.8) is 0 Å². The molecule has 1 aliphatic rings. The Morgan fingerprint density at radius 3 is 2.59 bits per heavy atom. The third-order valence-electron chi connectivity index (χ3n) is 2.99. The molecule has 1 N–H and O–H groups in total. The zero-order valence-electron chi connectivity index (χ0n) is 8.83. The summed E-state index contributed by atoms with van der Waals surface area (Å²) < 4.78 is 23.9. The van der Waals surface area contributed by atoms with Gasteiger partial charge in [0.1, 0.15) is 5.60 Å². The predicted molar refractivity (Wildman–Crippen MR) is 65.8 cm³/mol. The highest BCUT2D eigenvalue weighted by molar-refractivity contribution is 7.92. The summed E-state index contributed by atoms with van der Waals surface area (Å²) in [5.41, 5.74) is -0.756. The molecule has 1 aromatic heterocycles. The fourth-order valence-corrected chi connectivity index (χ4v) is 5.55. The van der Waals surface area contributed by atoms with Gasteiger partial charge in [0, 0.05) is 0 Å². The molecule has 1 unspecified atom stereocenters. The topological polar surface area (TPSA) is 54.4 Å². The Hall–Kier alpha value is -1.17. The van der Waals surface area contributed by atoms with Crippen LogP contribution < -0.4 is 0 Å². The Bertz CT molecular complexity index is 658. The van der Waals surface area contributed by atoms with E-state index in [0.29, 0.717) is 10.4 Å². The highest BCUT2D eigenvalue weighted by Gasteiger charge is 2.48. The van der Waals surface area contributed by atoms with Gasteiger partial charge in [-0.1, -0.05) is 30.3 Å². The van der Waals surface area contributed by atoms with E-state index in [1.807, 2.05) is 6.07 Å². The minimum atomic E-state index is -3.36. The largest absolute Gasteiger partial charge is 0.378 e. The Balaban J connectivity index is 2.26. The van der Waals surface area contributed by atoms with Crippen LogP contribution in [-0.4, -0.2) is 19.3 Å². The molecule has 2 aromatic rings. The molecule has 0 amide bonds. The van der Waals surface area contributed by atoms with Crippen LogP contribution in [0, 0.1) is 0 Å². The molecule has 1 atom stereocenters. The second-order valence-corrected chi connectivity index (χ2v) is 6.97. The second kappa shape index (κ2) is 3.41. The molecule has 0 fully saturated rings. The average molecular weight is 266 g/mol. The van der Waals surface area contributed by atoms with Gasteiger partial charge in [0.15, 0.2) is 9.84 Å². The molecule has 1 aliphatic heterocycles. The van der Waals surface area contributed by atoms with Gasteiger partial charge in [-0.15, -0.1) is 11.3 Å². The highest BCUT2D eigenvalue weighted by atomic mass is 32.2. The first-order valence-electron chi connectivity index (χ1n) is 5.13. The molecule has 88 valence electrons. The maximum atomic E-state index is 11.9. The fraction of sp³-hybridized carbons (Fsp3) is 0.167. The van der Waals surface area contributed by atoms with Gasteiger partial charge in [-0.25, -0.2) is 8.42 Å². The summed E-state index contributed by atoms with van der Waals surface area (Å²) in [6.45, 7) is 0. The number of aliphatic hydroxyl groups is 1. The van der Waals surface area contributed by atoms with Crippen molar-refractivity contribution in [3.05, 3.63) is 52.2 Å². The van der Waals surface area contributed by atoms with Crippen LogP contribution in [0.25, 0.3) is 0 Å². The van der Waals surface area contributed by atoms with E-state index >= 15 is 0 Å². The molecule has 3 nitrogen and oxygen atoms in total. The summed E-state index contributed by atoms with van der Waals surface area (Å²) in [7, 11) is -3.36.